The fraction of sp³-hybridized carbons (Fsp3) is 0.400. The van der Waals surface area contributed by atoms with Crippen LogP contribution in [-0.2, 0) is 6.42 Å². The third-order valence-electron chi connectivity index (χ3n) is 5.25. The first-order chi connectivity index (χ1) is 10.4. The molecular weight excluding hydrogens is 254 g/mol. The molecule has 2 bridgehead atoms. The molecule has 4 rings (SSSR count). The van der Waals surface area contributed by atoms with Crippen molar-refractivity contribution in [1.82, 2.24) is 0 Å². The van der Waals surface area contributed by atoms with Crippen molar-refractivity contribution in [2.24, 2.45) is 5.92 Å². The molecule has 108 valence electrons. The van der Waals surface area contributed by atoms with Crippen LogP contribution in [0.1, 0.15) is 31.2 Å². The molecule has 2 saturated heterocycles. The highest BCUT2D eigenvalue weighted by Crippen LogP contribution is 2.42. The van der Waals surface area contributed by atoms with Crippen LogP contribution in [0.15, 0.2) is 60.7 Å². The van der Waals surface area contributed by atoms with Gasteiger partial charge in [-0.15, -0.1) is 0 Å². The molecule has 2 heterocycles. The fourth-order valence-corrected chi connectivity index (χ4v) is 4.43. The minimum atomic E-state index is 0.764. The second kappa shape index (κ2) is 5.55. The van der Waals surface area contributed by atoms with Crippen molar-refractivity contribution in [2.45, 2.75) is 44.2 Å². The molecule has 0 saturated carbocycles. The van der Waals surface area contributed by atoms with E-state index in [-0.39, 0.29) is 0 Å². The SMILES string of the molecule is c1ccc(CC2CC3CCC(C2)N3c2ccccc2)cc1. The van der Waals surface area contributed by atoms with Crippen molar-refractivity contribution in [2.75, 3.05) is 4.90 Å². The summed E-state index contributed by atoms with van der Waals surface area (Å²) in [5.74, 6) is 0.866. The van der Waals surface area contributed by atoms with Gasteiger partial charge >= 0.3 is 0 Å². The molecule has 0 aromatic heterocycles. The summed E-state index contributed by atoms with van der Waals surface area (Å²) in [6.45, 7) is 0. The zero-order valence-electron chi connectivity index (χ0n) is 12.5. The van der Waals surface area contributed by atoms with Crippen LogP contribution < -0.4 is 4.90 Å². The summed E-state index contributed by atoms with van der Waals surface area (Å²) in [4.78, 5) is 2.71. The van der Waals surface area contributed by atoms with E-state index in [1.54, 1.807) is 0 Å². The van der Waals surface area contributed by atoms with Crippen molar-refractivity contribution in [3.63, 3.8) is 0 Å². The van der Waals surface area contributed by atoms with Gasteiger partial charge in [-0.1, -0.05) is 48.5 Å². The summed E-state index contributed by atoms with van der Waals surface area (Å²) in [6.07, 6.45) is 6.74. The molecule has 2 aliphatic heterocycles. The van der Waals surface area contributed by atoms with Crippen LogP contribution in [0.4, 0.5) is 5.69 Å². The molecule has 0 radical (unpaired) electrons. The first-order valence-corrected chi connectivity index (χ1v) is 8.27. The highest BCUT2D eigenvalue weighted by Gasteiger charge is 2.40. The average molecular weight is 277 g/mol. The Morgan fingerprint density at radius 3 is 1.95 bits per heavy atom. The molecule has 2 aliphatic rings. The number of piperidine rings is 1. The smallest absolute Gasteiger partial charge is 0.0371 e. The quantitative estimate of drug-likeness (QED) is 0.787. The lowest BCUT2D eigenvalue weighted by Gasteiger charge is -2.40. The number of fused-ring (bicyclic) bond motifs is 2. The number of hydrogen-bond donors (Lipinski definition) is 0. The molecule has 0 N–H and O–H groups in total. The molecular formula is C20H23N. The van der Waals surface area contributed by atoms with Gasteiger partial charge in [-0.2, -0.15) is 0 Å². The molecule has 2 atom stereocenters. The summed E-state index contributed by atoms with van der Waals surface area (Å²) in [5, 5.41) is 0. The first kappa shape index (κ1) is 12.9. The Labute approximate surface area is 127 Å². The second-order valence-corrected chi connectivity index (χ2v) is 6.65. The van der Waals surface area contributed by atoms with Gasteiger partial charge in [-0.25, -0.2) is 0 Å². The van der Waals surface area contributed by atoms with E-state index in [1.807, 2.05) is 0 Å². The number of rotatable bonds is 3. The largest absolute Gasteiger partial charge is 0.366 e. The molecule has 2 aromatic rings. The van der Waals surface area contributed by atoms with Gasteiger partial charge in [-0.05, 0) is 55.7 Å². The number of hydrogen-bond acceptors (Lipinski definition) is 1. The van der Waals surface area contributed by atoms with Gasteiger partial charge in [0.1, 0.15) is 0 Å². The van der Waals surface area contributed by atoms with Crippen LogP contribution in [0.25, 0.3) is 0 Å². The zero-order valence-corrected chi connectivity index (χ0v) is 12.5. The third-order valence-corrected chi connectivity index (χ3v) is 5.25. The van der Waals surface area contributed by atoms with Gasteiger partial charge in [0.25, 0.3) is 0 Å². The number of para-hydroxylation sites is 1. The van der Waals surface area contributed by atoms with E-state index in [1.165, 1.54) is 43.4 Å². The Morgan fingerprint density at radius 2 is 1.33 bits per heavy atom. The molecule has 2 fully saturated rings. The van der Waals surface area contributed by atoms with Crippen molar-refractivity contribution in [3.8, 4) is 0 Å². The lowest BCUT2D eigenvalue weighted by molar-refractivity contribution is 0.338. The van der Waals surface area contributed by atoms with Gasteiger partial charge in [0.05, 0.1) is 0 Å². The van der Waals surface area contributed by atoms with E-state index in [9.17, 15) is 0 Å². The van der Waals surface area contributed by atoms with E-state index in [0.29, 0.717) is 0 Å². The lowest BCUT2D eigenvalue weighted by atomic mass is 9.85. The Kier molecular flexibility index (Phi) is 3.42. The molecule has 0 aliphatic carbocycles. The maximum Gasteiger partial charge on any atom is 0.0371 e. The van der Waals surface area contributed by atoms with Crippen LogP contribution >= 0.6 is 0 Å². The van der Waals surface area contributed by atoms with Crippen molar-refractivity contribution in [3.05, 3.63) is 66.2 Å². The van der Waals surface area contributed by atoms with Crippen LogP contribution in [0.5, 0.6) is 0 Å². The summed E-state index contributed by atoms with van der Waals surface area (Å²) in [6, 6.07) is 23.6. The van der Waals surface area contributed by atoms with Crippen LogP contribution in [0, 0.1) is 5.92 Å². The third kappa shape index (κ3) is 2.57. The molecule has 2 aromatic carbocycles. The number of nitrogens with zero attached hydrogens (tertiary/aromatic N) is 1. The van der Waals surface area contributed by atoms with Gasteiger partial charge in [0.2, 0.25) is 0 Å². The summed E-state index contributed by atoms with van der Waals surface area (Å²) in [7, 11) is 0. The second-order valence-electron chi connectivity index (χ2n) is 6.65. The summed E-state index contributed by atoms with van der Waals surface area (Å²) < 4.78 is 0. The highest BCUT2D eigenvalue weighted by molar-refractivity contribution is 5.50. The van der Waals surface area contributed by atoms with E-state index < -0.39 is 0 Å². The minimum absolute atomic E-state index is 0.764. The van der Waals surface area contributed by atoms with Crippen molar-refractivity contribution >= 4 is 5.69 Å². The average Bonchev–Trinajstić information content (AvgIpc) is 2.80. The Morgan fingerprint density at radius 1 is 0.762 bits per heavy atom. The molecule has 1 nitrogen and oxygen atoms in total. The summed E-state index contributed by atoms with van der Waals surface area (Å²) >= 11 is 0. The zero-order chi connectivity index (χ0) is 14.1. The van der Waals surface area contributed by atoms with Crippen LogP contribution in [0.3, 0.4) is 0 Å². The standard InChI is InChI=1S/C20H23N/c1-3-7-16(8-4-1)13-17-14-19-11-12-20(15-17)21(19)18-9-5-2-6-10-18/h1-10,17,19-20H,11-15H2. The Hall–Kier alpha value is -1.76. The van der Waals surface area contributed by atoms with Gasteiger partial charge in [0.15, 0.2) is 0 Å². The molecule has 1 heteroatoms. The first-order valence-electron chi connectivity index (χ1n) is 8.27. The Balaban J connectivity index is 1.49. The van der Waals surface area contributed by atoms with Crippen LogP contribution in [0.2, 0.25) is 0 Å². The fourth-order valence-electron chi connectivity index (χ4n) is 4.43. The monoisotopic (exact) mass is 277 g/mol. The van der Waals surface area contributed by atoms with E-state index in [2.05, 4.69) is 65.6 Å². The van der Waals surface area contributed by atoms with Crippen LogP contribution in [-0.4, -0.2) is 12.1 Å². The van der Waals surface area contributed by atoms with E-state index in [4.69, 9.17) is 0 Å². The van der Waals surface area contributed by atoms with Gasteiger partial charge in [-0.3, -0.25) is 0 Å². The predicted octanol–water partition coefficient (Wildman–Crippen LogP) is 4.68. The van der Waals surface area contributed by atoms with E-state index >= 15 is 0 Å². The number of benzene rings is 2. The topological polar surface area (TPSA) is 3.24 Å². The van der Waals surface area contributed by atoms with Gasteiger partial charge in [0, 0.05) is 17.8 Å². The summed E-state index contributed by atoms with van der Waals surface area (Å²) in [5.41, 5.74) is 2.94. The van der Waals surface area contributed by atoms with Gasteiger partial charge < -0.3 is 4.90 Å². The highest BCUT2D eigenvalue weighted by atomic mass is 15.2. The molecule has 2 unspecified atom stereocenters. The molecule has 0 amide bonds. The van der Waals surface area contributed by atoms with E-state index in [0.717, 1.165) is 18.0 Å². The minimum Gasteiger partial charge on any atom is -0.366 e. The molecule has 0 spiro atoms. The molecule has 21 heavy (non-hydrogen) atoms. The maximum atomic E-state index is 2.71. The van der Waals surface area contributed by atoms with Crippen molar-refractivity contribution in [1.29, 1.82) is 0 Å². The Bertz CT molecular complexity index is 563. The normalized spacial score (nSPS) is 27.8. The number of anilines is 1. The van der Waals surface area contributed by atoms with Crippen molar-refractivity contribution < 1.29 is 0 Å². The lowest BCUT2D eigenvalue weighted by Crippen LogP contribution is -2.43. The maximum absolute atomic E-state index is 2.71. The predicted molar refractivity (Wildman–Crippen MR) is 88.6 cm³/mol.